The lowest BCUT2D eigenvalue weighted by atomic mass is 10.2. The molecule has 1 aromatic carbocycles. The molecule has 0 unspecified atom stereocenters. The quantitative estimate of drug-likeness (QED) is 0.512. The Morgan fingerprint density at radius 1 is 1.35 bits per heavy atom. The van der Waals surface area contributed by atoms with Crippen molar-refractivity contribution in [3.05, 3.63) is 49.6 Å². The molecule has 0 aliphatic heterocycles. The van der Waals surface area contributed by atoms with Crippen molar-refractivity contribution in [2.24, 2.45) is 5.84 Å². The second-order valence-electron chi connectivity index (χ2n) is 4.03. The Morgan fingerprint density at radius 2 is 2.10 bits per heavy atom. The molecule has 1 amide bonds. The van der Waals surface area contributed by atoms with Gasteiger partial charge in [-0.2, -0.15) is 0 Å². The van der Waals surface area contributed by atoms with Crippen LogP contribution in [0.25, 0.3) is 0 Å². The van der Waals surface area contributed by atoms with Crippen LogP contribution in [-0.2, 0) is 6.61 Å². The zero-order valence-electron chi connectivity index (χ0n) is 10.6. The Hall–Kier alpha value is -1.27. The summed E-state index contributed by atoms with van der Waals surface area (Å²) < 4.78 is 5.64. The summed E-state index contributed by atoms with van der Waals surface area (Å²) in [5.41, 5.74) is 3.04. The predicted octanol–water partition coefficient (Wildman–Crippen LogP) is 3.55. The van der Waals surface area contributed by atoms with Crippen molar-refractivity contribution in [1.82, 2.24) is 5.43 Å². The van der Waals surface area contributed by atoms with Gasteiger partial charge >= 0.3 is 0 Å². The van der Waals surface area contributed by atoms with E-state index in [1.54, 1.807) is 24.3 Å². The van der Waals surface area contributed by atoms with Gasteiger partial charge in [-0.1, -0.05) is 23.2 Å². The lowest BCUT2D eigenvalue weighted by molar-refractivity contribution is 0.0957. The molecule has 20 heavy (non-hydrogen) atoms. The number of rotatable bonds is 4. The molecule has 3 N–H and O–H groups in total. The van der Waals surface area contributed by atoms with Gasteiger partial charge in [-0.3, -0.25) is 10.2 Å². The van der Waals surface area contributed by atoms with E-state index in [1.165, 1.54) is 11.3 Å². The number of nitrogen functional groups attached to an aromatic ring is 1. The van der Waals surface area contributed by atoms with E-state index < -0.39 is 0 Å². The molecule has 0 saturated carbocycles. The van der Waals surface area contributed by atoms with Crippen molar-refractivity contribution in [2.75, 3.05) is 0 Å². The summed E-state index contributed by atoms with van der Waals surface area (Å²) in [5.74, 6) is 5.42. The van der Waals surface area contributed by atoms with Crippen LogP contribution >= 0.6 is 34.5 Å². The Balaban J connectivity index is 2.08. The molecule has 0 atom stereocenters. The Morgan fingerprint density at radius 3 is 2.75 bits per heavy atom. The lowest BCUT2D eigenvalue weighted by Crippen LogP contribution is -2.29. The summed E-state index contributed by atoms with van der Waals surface area (Å²) in [6, 6.07) is 6.83. The average Bonchev–Trinajstić information content (AvgIpc) is 2.80. The number of hydrogen-bond donors (Lipinski definition) is 2. The second kappa shape index (κ2) is 6.45. The first-order valence-electron chi connectivity index (χ1n) is 5.69. The van der Waals surface area contributed by atoms with Crippen LogP contribution in [0, 0.1) is 6.92 Å². The molecule has 0 bridgehead atoms. The van der Waals surface area contributed by atoms with E-state index in [0.717, 1.165) is 10.4 Å². The number of ether oxygens (including phenoxy) is 1. The number of thiophene rings is 1. The Kier molecular flexibility index (Phi) is 4.88. The van der Waals surface area contributed by atoms with Crippen LogP contribution in [0.3, 0.4) is 0 Å². The fourth-order valence-corrected chi connectivity index (χ4v) is 2.79. The van der Waals surface area contributed by atoms with Crippen molar-refractivity contribution < 1.29 is 9.53 Å². The van der Waals surface area contributed by atoms with E-state index in [9.17, 15) is 4.79 Å². The molecule has 0 aliphatic carbocycles. The van der Waals surface area contributed by atoms with Crippen LogP contribution in [-0.4, -0.2) is 5.91 Å². The molecule has 1 heterocycles. The summed E-state index contributed by atoms with van der Waals surface area (Å²) in [6.07, 6.45) is 0. The largest absolute Gasteiger partial charge is 0.489 e. The molecule has 2 rings (SSSR count). The summed E-state index contributed by atoms with van der Waals surface area (Å²) in [6.45, 7) is 2.27. The number of hydrogen-bond acceptors (Lipinski definition) is 4. The first-order valence-corrected chi connectivity index (χ1v) is 7.26. The maximum atomic E-state index is 11.4. The van der Waals surface area contributed by atoms with Crippen LogP contribution < -0.4 is 16.0 Å². The number of nitrogens with two attached hydrogens (primary N) is 1. The standard InChI is InChI=1S/C13H12Cl2N2O2S/c1-7-8(4-12(20-7)13(18)17-16)6-19-9-2-3-10(14)11(15)5-9/h2-5H,6,16H2,1H3,(H,17,18). The first kappa shape index (κ1) is 15.1. The highest BCUT2D eigenvalue weighted by molar-refractivity contribution is 7.14. The maximum absolute atomic E-state index is 11.4. The number of hydrazine groups is 1. The summed E-state index contributed by atoms with van der Waals surface area (Å²) in [7, 11) is 0. The molecule has 106 valence electrons. The number of aryl methyl sites for hydroxylation is 1. The molecular formula is C13H12Cl2N2O2S. The maximum Gasteiger partial charge on any atom is 0.275 e. The minimum Gasteiger partial charge on any atom is -0.489 e. The van der Waals surface area contributed by atoms with Gasteiger partial charge in [0.2, 0.25) is 0 Å². The van der Waals surface area contributed by atoms with Gasteiger partial charge in [-0.25, -0.2) is 5.84 Å². The average molecular weight is 331 g/mol. The zero-order chi connectivity index (χ0) is 14.7. The number of carbonyl (C=O) groups is 1. The second-order valence-corrected chi connectivity index (χ2v) is 6.10. The van der Waals surface area contributed by atoms with Crippen LogP contribution in [0.15, 0.2) is 24.3 Å². The third-order valence-corrected chi connectivity index (χ3v) is 4.49. The number of benzene rings is 1. The Labute approximate surface area is 130 Å². The third kappa shape index (κ3) is 3.43. The first-order chi connectivity index (χ1) is 9.51. The van der Waals surface area contributed by atoms with Crippen molar-refractivity contribution in [3.8, 4) is 5.75 Å². The van der Waals surface area contributed by atoms with Gasteiger partial charge in [0.25, 0.3) is 5.91 Å². The smallest absolute Gasteiger partial charge is 0.275 e. The van der Waals surface area contributed by atoms with E-state index in [2.05, 4.69) is 5.43 Å². The Bertz CT molecular complexity index is 643. The highest BCUT2D eigenvalue weighted by Crippen LogP contribution is 2.28. The molecule has 0 saturated heterocycles. The molecule has 0 fully saturated rings. The third-order valence-electron chi connectivity index (χ3n) is 2.66. The normalized spacial score (nSPS) is 10.4. The highest BCUT2D eigenvalue weighted by Gasteiger charge is 2.12. The zero-order valence-corrected chi connectivity index (χ0v) is 12.9. The van der Waals surface area contributed by atoms with Crippen molar-refractivity contribution >= 4 is 40.4 Å². The van der Waals surface area contributed by atoms with Crippen molar-refractivity contribution in [3.63, 3.8) is 0 Å². The van der Waals surface area contributed by atoms with Gasteiger partial charge in [0, 0.05) is 16.5 Å². The van der Waals surface area contributed by atoms with Gasteiger partial charge in [-0.05, 0) is 25.1 Å². The summed E-state index contributed by atoms with van der Waals surface area (Å²) in [5, 5.41) is 0.919. The van der Waals surface area contributed by atoms with Crippen LogP contribution in [0.4, 0.5) is 0 Å². The van der Waals surface area contributed by atoms with Gasteiger partial charge in [0.15, 0.2) is 0 Å². The minimum atomic E-state index is -0.307. The topological polar surface area (TPSA) is 64.4 Å². The number of amides is 1. The number of carbonyl (C=O) groups excluding carboxylic acids is 1. The lowest BCUT2D eigenvalue weighted by Gasteiger charge is -2.06. The van der Waals surface area contributed by atoms with Crippen molar-refractivity contribution in [1.29, 1.82) is 0 Å². The molecule has 0 radical (unpaired) electrons. The molecular weight excluding hydrogens is 319 g/mol. The molecule has 0 spiro atoms. The fraction of sp³-hybridized carbons (Fsp3) is 0.154. The number of nitrogens with one attached hydrogen (secondary N) is 1. The van der Waals surface area contributed by atoms with E-state index in [1.807, 2.05) is 6.92 Å². The number of halogens is 2. The van der Waals surface area contributed by atoms with E-state index in [-0.39, 0.29) is 5.91 Å². The molecule has 1 aromatic heterocycles. The van der Waals surface area contributed by atoms with Gasteiger partial charge in [0.1, 0.15) is 12.4 Å². The van der Waals surface area contributed by atoms with Gasteiger partial charge < -0.3 is 4.74 Å². The molecule has 7 heteroatoms. The highest BCUT2D eigenvalue weighted by atomic mass is 35.5. The minimum absolute atomic E-state index is 0.307. The molecule has 0 aliphatic rings. The predicted molar refractivity (Wildman–Crippen MR) is 81.5 cm³/mol. The van der Waals surface area contributed by atoms with E-state index in [4.69, 9.17) is 33.8 Å². The van der Waals surface area contributed by atoms with Gasteiger partial charge in [0.05, 0.1) is 14.9 Å². The molecule has 4 nitrogen and oxygen atoms in total. The van der Waals surface area contributed by atoms with E-state index >= 15 is 0 Å². The fourth-order valence-electron chi connectivity index (χ4n) is 1.57. The van der Waals surface area contributed by atoms with E-state index in [0.29, 0.717) is 27.3 Å². The van der Waals surface area contributed by atoms with Gasteiger partial charge in [-0.15, -0.1) is 11.3 Å². The van der Waals surface area contributed by atoms with Crippen LogP contribution in [0.5, 0.6) is 5.75 Å². The van der Waals surface area contributed by atoms with Crippen LogP contribution in [0.1, 0.15) is 20.1 Å². The molecule has 2 aromatic rings. The summed E-state index contributed by atoms with van der Waals surface area (Å²) >= 11 is 13.1. The SMILES string of the molecule is Cc1sc(C(=O)NN)cc1COc1ccc(Cl)c(Cl)c1. The summed E-state index contributed by atoms with van der Waals surface area (Å²) in [4.78, 5) is 13.0. The van der Waals surface area contributed by atoms with Crippen LogP contribution in [0.2, 0.25) is 10.0 Å². The van der Waals surface area contributed by atoms with Crippen molar-refractivity contribution in [2.45, 2.75) is 13.5 Å². The monoisotopic (exact) mass is 330 g/mol.